The number of ether oxygens (including phenoxy) is 3. The Morgan fingerprint density at radius 1 is 0.314 bits per heavy atom. The molecule has 51 heavy (non-hydrogen) atoms. The lowest BCUT2D eigenvalue weighted by molar-refractivity contribution is -0.167. The van der Waals surface area contributed by atoms with Crippen LogP contribution in [0.5, 0.6) is 0 Å². The van der Waals surface area contributed by atoms with Gasteiger partial charge in [-0.2, -0.15) is 0 Å². The van der Waals surface area contributed by atoms with Gasteiger partial charge in [-0.05, 0) is 19.3 Å². The van der Waals surface area contributed by atoms with Crippen LogP contribution in [0, 0.1) is 0 Å². The SMILES string of the molecule is CCCCCCCCCCCCCCCCCCCCCC(=O)OCC(COC(=O)CCCCCCCCC)OC(=O)CCCCCCCCC. The Kier molecular flexibility index (Phi) is 39.9. The van der Waals surface area contributed by atoms with Crippen LogP contribution < -0.4 is 0 Å². The summed E-state index contributed by atoms with van der Waals surface area (Å²) in [5.74, 6) is -0.867. The molecule has 0 aromatic heterocycles. The number of unbranched alkanes of at least 4 members (excludes halogenated alkanes) is 30. The van der Waals surface area contributed by atoms with Gasteiger partial charge in [0.25, 0.3) is 0 Å². The molecule has 0 aliphatic heterocycles. The van der Waals surface area contributed by atoms with Crippen molar-refractivity contribution in [1.82, 2.24) is 0 Å². The third-order valence-electron chi connectivity index (χ3n) is 10.1. The van der Waals surface area contributed by atoms with Gasteiger partial charge in [0.05, 0.1) is 0 Å². The summed E-state index contributed by atoms with van der Waals surface area (Å²) >= 11 is 0. The van der Waals surface area contributed by atoms with E-state index in [1.54, 1.807) is 0 Å². The predicted molar refractivity (Wildman–Crippen MR) is 215 cm³/mol. The van der Waals surface area contributed by atoms with Crippen molar-refractivity contribution >= 4 is 17.9 Å². The van der Waals surface area contributed by atoms with Crippen molar-refractivity contribution in [3.05, 3.63) is 0 Å². The highest BCUT2D eigenvalue weighted by molar-refractivity contribution is 5.71. The van der Waals surface area contributed by atoms with Crippen LogP contribution in [0.3, 0.4) is 0 Å². The first-order chi connectivity index (χ1) is 25.0. The lowest BCUT2D eigenvalue weighted by atomic mass is 10.0. The molecular formula is C45H86O6. The number of hydrogen-bond acceptors (Lipinski definition) is 6. The molecule has 0 aliphatic rings. The minimum absolute atomic E-state index is 0.0641. The molecule has 1 unspecified atom stereocenters. The molecule has 0 fully saturated rings. The van der Waals surface area contributed by atoms with Crippen molar-refractivity contribution in [2.75, 3.05) is 13.2 Å². The van der Waals surface area contributed by atoms with E-state index in [0.717, 1.165) is 57.8 Å². The standard InChI is InChI=1S/C45H86O6/c1-4-7-10-13-16-17-18-19-20-21-22-23-24-25-26-27-30-32-35-38-44(47)50-41-42(51-45(48)39-36-33-29-15-12-9-6-3)40-49-43(46)37-34-31-28-14-11-8-5-2/h42H,4-41H2,1-3H3. The lowest BCUT2D eigenvalue weighted by Crippen LogP contribution is -2.30. The van der Waals surface area contributed by atoms with E-state index >= 15 is 0 Å². The van der Waals surface area contributed by atoms with E-state index in [-0.39, 0.29) is 31.1 Å². The molecule has 1 atom stereocenters. The van der Waals surface area contributed by atoms with Crippen LogP contribution in [0.1, 0.15) is 252 Å². The largest absolute Gasteiger partial charge is 0.462 e. The minimum atomic E-state index is -0.755. The van der Waals surface area contributed by atoms with Crippen LogP contribution >= 0.6 is 0 Å². The Balaban J connectivity index is 4.08. The first-order valence-corrected chi connectivity index (χ1v) is 22.5. The number of esters is 3. The molecule has 0 radical (unpaired) electrons. The highest BCUT2D eigenvalue weighted by Crippen LogP contribution is 2.16. The summed E-state index contributed by atoms with van der Waals surface area (Å²) < 4.78 is 16.6. The normalized spacial score (nSPS) is 11.8. The molecule has 0 aromatic carbocycles. The summed E-state index contributed by atoms with van der Waals surface area (Å²) in [5.41, 5.74) is 0. The molecule has 0 heterocycles. The van der Waals surface area contributed by atoms with Gasteiger partial charge >= 0.3 is 17.9 Å². The molecule has 0 amide bonds. The second kappa shape index (κ2) is 41.2. The summed E-state index contributed by atoms with van der Waals surface area (Å²) in [6.07, 6.45) is 41.2. The van der Waals surface area contributed by atoms with Crippen molar-refractivity contribution in [3.8, 4) is 0 Å². The number of hydrogen-bond donors (Lipinski definition) is 0. The van der Waals surface area contributed by atoms with Gasteiger partial charge in [-0.15, -0.1) is 0 Å². The topological polar surface area (TPSA) is 78.9 Å². The molecule has 6 heteroatoms. The summed E-state index contributed by atoms with van der Waals surface area (Å²) in [7, 11) is 0. The summed E-state index contributed by atoms with van der Waals surface area (Å²) in [6.45, 7) is 6.57. The quantitative estimate of drug-likeness (QED) is 0.0355. The van der Waals surface area contributed by atoms with Gasteiger partial charge in [0.2, 0.25) is 0 Å². The van der Waals surface area contributed by atoms with E-state index < -0.39 is 6.10 Å². The third kappa shape index (κ3) is 39.5. The highest BCUT2D eigenvalue weighted by Gasteiger charge is 2.19. The van der Waals surface area contributed by atoms with Gasteiger partial charge in [0, 0.05) is 19.3 Å². The molecule has 6 nitrogen and oxygen atoms in total. The van der Waals surface area contributed by atoms with Gasteiger partial charge in [0.15, 0.2) is 6.10 Å². The Hall–Kier alpha value is -1.59. The molecule has 0 saturated heterocycles. The molecule has 0 aliphatic carbocycles. The maximum atomic E-state index is 12.6. The van der Waals surface area contributed by atoms with Crippen LogP contribution in [-0.4, -0.2) is 37.2 Å². The Bertz CT molecular complexity index is 753. The molecule has 0 bridgehead atoms. The van der Waals surface area contributed by atoms with Crippen molar-refractivity contribution < 1.29 is 28.6 Å². The van der Waals surface area contributed by atoms with Gasteiger partial charge in [-0.1, -0.05) is 213 Å². The van der Waals surface area contributed by atoms with Crippen LogP contribution in [0.25, 0.3) is 0 Å². The van der Waals surface area contributed by atoms with E-state index in [9.17, 15) is 14.4 Å². The van der Waals surface area contributed by atoms with Gasteiger partial charge in [-0.3, -0.25) is 14.4 Å². The second-order valence-corrected chi connectivity index (χ2v) is 15.3. The van der Waals surface area contributed by atoms with Crippen molar-refractivity contribution in [1.29, 1.82) is 0 Å². The first kappa shape index (κ1) is 49.4. The smallest absolute Gasteiger partial charge is 0.306 e. The number of carbonyl (C=O) groups excluding carboxylic acids is 3. The average Bonchev–Trinajstić information content (AvgIpc) is 3.12. The fraction of sp³-hybridized carbons (Fsp3) is 0.933. The van der Waals surface area contributed by atoms with Gasteiger partial charge < -0.3 is 14.2 Å². The second-order valence-electron chi connectivity index (χ2n) is 15.3. The molecule has 0 aromatic rings. The zero-order chi connectivity index (χ0) is 37.3. The fourth-order valence-corrected chi connectivity index (χ4v) is 6.68. The fourth-order valence-electron chi connectivity index (χ4n) is 6.68. The summed E-state index contributed by atoms with van der Waals surface area (Å²) in [6, 6.07) is 0. The van der Waals surface area contributed by atoms with Crippen molar-refractivity contribution in [3.63, 3.8) is 0 Å². The molecule has 0 saturated carbocycles. The maximum Gasteiger partial charge on any atom is 0.306 e. The zero-order valence-corrected chi connectivity index (χ0v) is 34.4. The van der Waals surface area contributed by atoms with Crippen LogP contribution in [-0.2, 0) is 28.6 Å². The third-order valence-corrected chi connectivity index (χ3v) is 10.1. The van der Waals surface area contributed by atoms with E-state index in [4.69, 9.17) is 14.2 Å². The molecule has 0 rings (SSSR count). The highest BCUT2D eigenvalue weighted by atomic mass is 16.6. The van der Waals surface area contributed by atoms with Crippen molar-refractivity contribution in [2.45, 2.75) is 258 Å². The Morgan fingerprint density at radius 3 is 0.784 bits per heavy atom. The number of rotatable bonds is 41. The predicted octanol–water partition coefficient (Wildman–Crippen LogP) is 14.1. The Morgan fingerprint density at radius 2 is 0.529 bits per heavy atom. The lowest BCUT2D eigenvalue weighted by Gasteiger charge is -2.18. The minimum Gasteiger partial charge on any atom is -0.462 e. The van der Waals surface area contributed by atoms with E-state index in [1.165, 1.54) is 154 Å². The van der Waals surface area contributed by atoms with Gasteiger partial charge in [0.1, 0.15) is 13.2 Å². The molecule has 302 valence electrons. The summed E-state index contributed by atoms with van der Waals surface area (Å²) in [5, 5.41) is 0. The van der Waals surface area contributed by atoms with E-state index in [1.807, 2.05) is 0 Å². The molecule has 0 N–H and O–H groups in total. The number of carbonyl (C=O) groups is 3. The average molecular weight is 723 g/mol. The maximum absolute atomic E-state index is 12.6. The van der Waals surface area contributed by atoms with Crippen LogP contribution in [0.2, 0.25) is 0 Å². The van der Waals surface area contributed by atoms with Crippen LogP contribution in [0.4, 0.5) is 0 Å². The van der Waals surface area contributed by atoms with Crippen molar-refractivity contribution in [2.24, 2.45) is 0 Å². The summed E-state index contributed by atoms with van der Waals surface area (Å²) in [4.78, 5) is 37.4. The molecule has 0 spiro atoms. The monoisotopic (exact) mass is 723 g/mol. The molecular weight excluding hydrogens is 636 g/mol. The zero-order valence-electron chi connectivity index (χ0n) is 34.4. The van der Waals surface area contributed by atoms with Crippen LogP contribution in [0.15, 0.2) is 0 Å². The first-order valence-electron chi connectivity index (χ1n) is 22.5. The van der Waals surface area contributed by atoms with E-state index in [2.05, 4.69) is 20.8 Å². The van der Waals surface area contributed by atoms with E-state index in [0.29, 0.717) is 19.3 Å². The Labute approximate surface area is 317 Å². The van der Waals surface area contributed by atoms with Gasteiger partial charge in [-0.25, -0.2) is 0 Å².